The van der Waals surface area contributed by atoms with Gasteiger partial charge in [0, 0.05) is 16.7 Å². The van der Waals surface area contributed by atoms with Crippen LogP contribution in [0, 0.1) is 0 Å². The summed E-state index contributed by atoms with van der Waals surface area (Å²) >= 11 is 5.93. The number of ketones is 2. The first-order valence-electron chi connectivity index (χ1n) is 6.84. The van der Waals surface area contributed by atoms with Gasteiger partial charge in [-0.2, -0.15) is 0 Å². The van der Waals surface area contributed by atoms with Crippen molar-refractivity contribution in [2.45, 2.75) is 13.5 Å². The van der Waals surface area contributed by atoms with Crippen molar-refractivity contribution in [2.24, 2.45) is 0 Å². The third-order valence-corrected chi connectivity index (χ3v) is 4.05. The number of carbonyl (C=O) groups is 2. The van der Waals surface area contributed by atoms with Crippen molar-refractivity contribution in [1.29, 1.82) is 0 Å². The Morgan fingerprint density at radius 3 is 2.41 bits per heavy atom. The van der Waals surface area contributed by atoms with Crippen LogP contribution in [0.15, 0.2) is 59.1 Å². The molecule has 1 aliphatic carbocycles. The fraction of sp³-hybridized carbons (Fsp3) is 0.111. The molecular weight excluding hydrogens is 300 g/mol. The minimum absolute atomic E-state index is 0.0160. The Morgan fingerprint density at radius 2 is 1.68 bits per heavy atom. The molecule has 0 unspecified atom stereocenters. The predicted molar refractivity (Wildman–Crippen MR) is 84.4 cm³/mol. The second kappa shape index (κ2) is 5.78. The summed E-state index contributed by atoms with van der Waals surface area (Å²) in [6, 6.07) is 14.6. The van der Waals surface area contributed by atoms with Crippen LogP contribution in [-0.4, -0.2) is 11.6 Å². The van der Waals surface area contributed by atoms with Crippen LogP contribution in [0.4, 0.5) is 0 Å². The molecule has 0 saturated heterocycles. The van der Waals surface area contributed by atoms with E-state index < -0.39 is 0 Å². The molecule has 0 heterocycles. The second-order valence-electron chi connectivity index (χ2n) is 5.08. The lowest BCUT2D eigenvalue weighted by atomic mass is 9.90. The molecule has 0 fully saturated rings. The summed E-state index contributed by atoms with van der Waals surface area (Å²) in [5, 5.41) is -0.0160. The van der Waals surface area contributed by atoms with Crippen molar-refractivity contribution < 1.29 is 14.3 Å². The minimum Gasteiger partial charge on any atom is -0.489 e. The van der Waals surface area contributed by atoms with Crippen molar-refractivity contribution in [3.63, 3.8) is 0 Å². The van der Waals surface area contributed by atoms with Gasteiger partial charge in [0.05, 0.1) is 5.03 Å². The van der Waals surface area contributed by atoms with E-state index in [-0.39, 0.29) is 22.2 Å². The van der Waals surface area contributed by atoms with Crippen LogP contribution in [-0.2, 0) is 6.61 Å². The van der Waals surface area contributed by atoms with Gasteiger partial charge < -0.3 is 4.74 Å². The number of allylic oxidation sites excluding steroid dienone is 2. The molecule has 0 bridgehead atoms. The maximum absolute atomic E-state index is 12.2. The highest BCUT2D eigenvalue weighted by atomic mass is 35.5. The van der Waals surface area contributed by atoms with Gasteiger partial charge in [-0.25, -0.2) is 0 Å². The molecule has 0 N–H and O–H groups in total. The molecule has 22 heavy (non-hydrogen) atoms. The number of rotatable bonds is 3. The molecule has 1 aliphatic rings. The summed E-state index contributed by atoms with van der Waals surface area (Å²) in [4.78, 5) is 24.3. The molecule has 0 aliphatic heterocycles. The zero-order valence-corrected chi connectivity index (χ0v) is 12.7. The Bertz CT molecular complexity index is 791. The van der Waals surface area contributed by atoms with Crippen LogP contribution in [0.5, 0.6) is 5.75 Å². The van der Waals surface area contributed by atoms with E-state index in [1.165, 1.54) is 0 Å². The molecule has 0 spiro atoms. The normalized spacial score (nSPS) is 14.1. The highest BCUT2D eigenvalue weighted by Crippen LogP contribution is 2.30. The van der Waals surface area contributed by atoms with Crippen molar-refractivity contribution in [3.8, 4) is 5.75 Å². The zero-order chi connectivity index (χ0) is 15.7. The number of fused-ring (bicyclic) bond motifs is 1. The summed E-state index contributed by atoms with van der Waals surface area (Å²) in [5.41, 5.74) is 1.98. The van der Waals surface area contributed by atoms with Gasteiger partial charge in [-0.1, -0.05) is 41.9 Å². The van der Waals surface area contributed by atoms with Gasteiger partial charge >= 0.3 is 0 Å². The largest absolute Gasteiger partial charge is 0.489 e. The molecule has 0 radical (unpaired) electrons. The Hall–Kier alpha value is -2.39. The summed E-state index contributed by atoms with van der Waals surface area (Å²) in [5.74, 6) is -0.0130. The first-order chi connectivity index (χ1) is 10.6. The number of hydrogen-bond acceptors (Lipinski definition) is 3. The maximum atomic E-state index is 12.2. The fourth-order valence-corrected chi connectivity index (χ4v) is 2.52. The van der Waals surface area contributed by atoms with Crippen LogP contribution in [0.3, 0.4) is 0 Å². The van der Waals surface area contributed by atoms with Crippen molar-refractivity contribution in [1.82, 2.24) is 0 Å². The van der Waals surface area contributed by atoms with Crippen molar-refractivity contribution in [3.05, 3.63) is 75.8 Å². The van der Waals surface area contributed by atoms with E-state index in [1.54, 1.807) is 25.1 Å². The lowest BCUT2D eigenvalue weighted by molar-refractivity contribution is 0.0980. The van der Waals surface area contributed by atoms with Gasteiger partial charge in [0.25, 0.3) is 0 Å². The van der Waals surface area contributed by atoms with Gasteiger partial charge in [-0.15, -0.1) is 0 Å². The van der Waals surface area contributed by atoms with E-state index in [2.05, 4.69) is 0 Å². The minimum atomic E-state index is -0.334. The van der Waals surface area contributed by atoms with Gasteiger partial charge in [0.1, 0.15) is 12.4 Å². The Labute approximate surface area is 133 Å². The van der Waals surface area contributed by atoms with Crippen molar-refractivity contribution >= 4 is 23.2 Å². The molecule has 3 nitrogen and oxygen atoms in total. The molecule has 0 atom stereocenters. The molecule has 0 aromatic heterocycles. The Morgan fingerprint density at radius 1 is 0.955 bits per heavy atom. The SMILES string of the molecule is CC1=C(Cl)C(=O)c2cc(OCc3ccccc3)ccc2C1=O. The van der Waals surface area contributed by atoms with Gasteiger partial charge in [-0.05, 0) is 30.7 Å². The van der Waals surface area contributed by atoms with E-state index in [0.29, 0.717) is 23.5 Å². The van der Waals surface area contributed by atoms with Gasteiger partial charge in [0.15, 0.2) is 5.78 Å². The summed E-state index contributed by atoms with van der Waals surface area (Å²) in [6.45, 7) is 1.95. The van der Waals surface area contributed by atoms with E-state index in [0.717, 1.165) is 5.56 Å². The number of hydrogen-bond donors (Lipinski definition) is 0. The zero-order valence-electron chi connectivity index (χ0n) is 11.9. The summed E-state index contributed by atoms with van der Waals surface area (Å²) < 4.78 is 5.68. The van der Waals surface area contributed by atoms with Crippen LogP contribution in [0.1, 0.15) is 33.2 Å². The smallest absolute Gasteiger partial charge is 0.205 e. The number of halogens is 1. The van der Waals surface area contributed by atoms with E-state index in [1.807, 2.05) is 30.3 Å². The van der Waals surface area contributed by atoms with Crippen LogP contribution < -0.4 is 4.74 Å². The third-order valence-electron chi connectivity index (χ3n) is 3.60. The van der Waals surface area contributed by atoms with E-state index >= 15 is 0 Å². The van der Waals surface area contributed by atoms with Crippen LogP contribution >= 0.6 is 11.6 Å². The number of benzene rings is 2. The molecule has 0 amide bonds. The standard InChI is InChI=1S/C18H13ClO3/c1-11-16(19)18(21)15-9-13(7-8-14(15)17(11)20)22-10-12-5-3-2-4-6-12/h2-9H,10H2,1H3. The monoisotopic (exact) mass is 312 g/mol. The van der Waals surface area contributed by atoms with E-state index in [4.69, 9.17) is 16.3 Å². The molecule has 0 saturated carbocycles. The first-order valence-corrected chi connectivity index (χ1v) is 7.22. The third kappa shape index (κ3) is 2.55. The lowest BCUT2D eigenvalue weighted by Crippen LogP contribution is -2.18. The average Bonchev–Trinajstić information content (AvgIpc) is 2.57. The van der Waals surface area contributed by atoms with Gasteiger partial charge in [0.2, 0.25) is 5.78 Å². The molecule has 3 rings (SSSR count). The molecule has 2 aromatic rings. The molecular formula is C18H13ClO3. The molecule has 110 valence electrons. The predicted octanol–water partition coefficient (Wildman–Crippen LogP) is 4.16. The Balaban J connectivity index is 1.87. The average molecular weight is 313 g/mol. The topological polar surface area (TPSA) is 43.4 Å². The number of Topliss-reactive ketones (excluding diaryl/α,β-unsaturated/α-hetero) is 2. The first kappa shape index (κ1) is 14.5. The summed E-state index contributed by atoms with van der Waals surface area (Å²) in [7, 11) is 0. The van der Waals surface area contributed by atoms with E-state index in [9.17, 15) is 9.59 Å². The quantitative estimate of drug-likeness (QED) is 0.854. The summed E-state index contributed by atoms with van der Waals surface area (Å²) in [6.07, 6.45) is 0. The lowest BCUT2D eigenvalue weighted by Gasteiger charge is -2.16. The molecule has 2 aromatic carbocycles. The maximum Gasteiger partial charge on any atom is 0.205 e. The number of carbonyl (C=O) groups excluding carboxylic acids is 2. The fourth-order valence-electron chi connectivity index (χ4n) is 2.33. The van der Waals surface area contributed by atoms with Gasteiger partial charge in [-0.3, -0.25) is 9.59 Å². The van der Waals surface area contributed by atoms with Crippen LogP contribution in [0.2, 0.25) is 0 Å². The highest BCUT2D eigenvalue weighted by molar-refractivity contribution is 6.49. The number of ether oxygens (including phenoxy) is 1. The van der Waals surface area contributed by atoms with Crippen LogP contribution in [0.25, 0.3) is 0 Å². The second-order valence-corrected chi connectivity index (χ2v) is 5.46. The van der Waals surface area contributed by atoms with Crippen molar-refractivity contribution in [2.75, 3.05) is 0 Å². The molecule has 4 heteroatoms. The Kier molecular flexibility index (Phi) is 3.82. The highest BCUT2D eigenvalue weighted by Gasteiger charge is 2.29.